The van der Waals surface area contributed by atoms with Crippen LogP contribution in [0.4, 0.5) is 17.6 Å². The first-order valence-electron chi connectivity index (χ1n) is 12.0. The monoisotopic (exact) mass is 607 g/mol. The van der Waals surface area contributed by atoms with Crippen LogP contribution in [0.3, 0.4) is 0 Å². The van der Waals surface area contributed by atoms with Crippen molar-refractivity contribution in [2.24, 2.45) is 0 Å². The van der Waals surface area contributed by atoms with Crippen molar-refractivity contribution in [1.29, 1.82) is 0 Å². The molecule has 0 heterocycles. The van der Waals surface area contributed by atoms with E-state index in [9.17, 15) is 55.9 Å². The molecule has 9 nitrogen and oxygen atoms in total. The number of nitrogens with zero attached hydrogens (tertiary/aromatic N) is 1. The molecule has 0 fully saturated rings. The molecule has 0 aromatic heterocycles. The van der Waals surface area contributed by atoms with Gasteiger partial charge in [0.2, 0.25) is 0 Å². The van der Waals surface area contributed by atoms with E-state index in [1.807, 2.05) is 0 Å². The Morgan fingerprint density at radius 1 is 0.488 bits per heavy atom. The maximum absolute atomic E-state index is 11.0. The van der Waals surface area contributed by atoms with Crippen LogP contribution >= 0.6 is 0 Å². The molecule has 0 rings (SSSR count). The summed E-state index contributed by atoms with van der Waals surface area (Å²) in [4.78, 5) is 78.4. The molecule has 14 heteroatoms. The Kier molecular flexibility index (Phi) is 80.6. The first kappa shape index (κ1) is 61.9. The van der Waals surface area contributed by atoms with Crippen molar-refractivity contribution < 1.29 is 55.9 Å². The van der Waals surface area contributed by atoms with Crippen LogP contribution in [0.1, 0.15) is 69.2 Å². The predicted octanol–water partition coefficient (Wildman–Crippen LogP) is 5.04. The minimum Gasteiger partial charge on any atom is -0.300 e. The number of halogens is 4. The lowest BCUT2D eigenvalue weighted by molar-refractivity contribution is -0.134. The first-order valence-corrected chi connectivity index (χ1v) is 12.0. The maximum atomic E-state index is 11.0. The number of carbonyl (C=O) groups excluding carboxylic acids is 8. The fourth-order valence-electron chi connectivity index (χ4n) is 0. The number of hydrogen-bond donors (Lipinski definition) is 0. The smallest absolute Gasteiger partial charge is 0.195 e. The largest absolute Gasteiger partial charge is 0.300 e. The third kappa shape index (κ3) is 371. The Bertz CT molecular complexity index is 603. The molecule has 0 atom stereocenters. The van der Waals surface area contributed by atoms with Crippen molar-refractivity contribution in [3.8, 4) is 0 Å². The van der Waals surface area contributed by atoms with Crippen LogP contribution in [0, 0.1) is 0 Å². The van der Waals surface area contributed by atoms with Gasteiger partial charge in [-0.2, -0.15) is 0 Å². The Labute approximate surface area is 245 Å². The molecule has 41 heavy (non-hydrogen) atoms. The highest BCUT2D eigenvalue weighted by molar-refractivity contribution is 6.54. The van der Waals surface area contributed by atoms with Crippen LogP contribution < -0.4 is 0 Å². The van der Waals surface area contributed by atoms with E-state index in [4.69, 9.17) is 0 Å². The predicted molar refractivity (Wildman–Crippen MR) is 159 cm³/mol. The quantitative estimate of drug-likeness (QED) is 0.182. The molecule has 0 aromatic carbocycles. The lowest BCUT2D eigenvalue weighted by Gasteiger charge is -1.96. The van der Waals surface area contributed by atoms with E-state index in [1.165, 1.54) is 74.1 Å². The second kappa shape index (κ2) is 53.4. The Balaban J connectivity index is -0.0000000406. The van der Waals surface area contributed by atoms with Gasteiger partial charge in [0.15, 0.2) is 34.7 Å². The van der Waals surface area contributed by atoms with Crippen molar-refractivity contribution in [2.75, 3.05) is 41.4 Å². The van der Waals surface area contributed by atoms with Gasteiger partial charge >= 0.3 is 0 Å². The molecule has 246 valence electrons. The van der Waals surface area contributed by atoms with Gasteiger partial charge in [-0.3, -0.25) is 38.1 Å². The number of hydrogen-bond acceptors (Lipinski definition) is 9. The van der Waals surface area contributed by atoms with E-state index < -0.39 is 24.9 Å². The molecule has 0 aliphatic carbocycles. The van der Waals surface area contributed by atoms with Gasteiger partial charge in [-0.1, -0.05) is 20.5 Å². The Morgan fingerprint density at radius 3 is 0.561 bits per heavy atom. The van der Waals surface area contributed by atoms with Crippen molar-refractivity contribution in [3.63, 3.8) is 0 Å². The lowest BCUT2D eigenvalue weighted by Crippen LogP contribution is -2.07. The molecular weight excluding hydrogens is 553 g/mol. The van der Waals surface area contributed by atoms with E-state index in [-0.39, 0.29) is 41.5 Å². The van der Waals surface area contributed by atoms with Crippen molar-refractivity contribution in [2.45, 2.75) is 89.7 Å². The minimum absolute atomic E-state index is 0.167. The average Bonchev–Trinajstić information content (AvgIpc) is 2.80. The topological polar surface area (TPSA) is 140 Å². The van der Waals surface area contributed by atoms with Gasteiger partial charge in [-0.15, -0.1) is 0 Å². The highest BCUT2D eigenvalue weighted by atomic mass is 19.1. The molecule has 0 bridgehead atoms. The molecule has 0 radical (unpaired) electrons. The van der Waals surface area contributed by atoms with Crippen molar-refractivity contribution in [3.05, 3.63) is 0 Å². The van der Waals surface area contributed by atoms with Gasteiger partial charge in [-0.25, -0.2) is 13.2 Å². The maximum Gasteiger partial charge on any atom is 0.195 e. The molecule has 0 spiro atoms. The second-order valence-electron chi connectivity index (χ2n) is 8.64. The number of alkyl halides is 4. The number of carbonyl (C=O) groups is 8. The van der Waals surface area contributed by atoms with Crippen LogP contribution in [0.5, 0.6) is 0 Å². The molecule has 0 aromatic rings. The fraction of sp³-hybridized carbons (Fsp3) is 0.704. The van der Waals surface area contributed by atoms with E-state index in [0.717, 1.165) is 6.71 Å². The van der Waals surface area contributed by atoms with Gasteiger partial charge in [-0.05, 0) is 55.6 Å². The van der Waals surface area contributed by atoms with Gasteiger partial charge in [0.1, 0.15) is 38.4 Å². The summed E-state index contributed by atoms with van der Waals surface area (Å²) in [6, 6.07) is 0. The molecule has 0 saturated heterocycles. The van der Waals surface area contributed by atoms with Crippen molar-refractivity contribution in [1.82, 2.24) is 4.90 Å². The number of rotatable bonds is 5. The van der Waals surface area contributed by atoms with E-state index in [2.05, 4.69) is 20.5 Å². The molecule has 0 saturated carbocycles. The molecule has 0 aliphatic rings. The SMILES string of the molecule is CB(C)C.CC(=O)C(C)=O.CC(=O)C(C)=O.CC(=O)CF.CC(=O)CF.CC(C)=O.CC(C)=O.CF.CN(C)CF. The first-order chi connectivity index (χ1) is 18.3. The summed E-state index contributed by atoms with van der Waals surface area (Å²) in [5.41, 5.74) is 0. The van der Waals surface area contributed by atoms with E-state index in [1.54, 1.807) is 14.1 Å². The van der Waals surface area contributed by atoms with Crippen LogP contribution in [-0.2, 0) is 38.4 Å². The third-order valence-corrected chi connectivity index (χ3v) is 1.61. The zero-order valence-electron chi connectivity index (χ0n) is 27.9. The minimum atomic E-state index is -0.833. The van der Waals surface area contributed by atoms with Gasteiger partial charge in [0.25, 0.3) is 0 Å². The third-order valence-electron chi connectivity index (χ3n) is 1.61. The molecule has 0 amide bonds. The van der Waals surface area contributed by atoms with E-state index >= 15 is 0 Å². The number of Topliss-reactive ketones (excluding diaryl/α,β-unsaturated/α-hetero) is 8. The molecule has 0 unspecified atom stereocenters. The van der Waals surface area contributed by atoms with Crippen LogP contribution in [-0.4, -0.2) is 99.3 Å². The summed E-state index contributed by atoms with van der Waals surface area (Å²) in [6.07, 6.45) is 0. The summed E-state index contributed by atoms with van der Waals surface area (Å²) in [5, 5.41) is 0. The van der Waals surface area contributed by atoms with Crippen LogP contribution in [0.15, 0.2) is 0 Å². The standard InChI is InChI=1S/2C4H6O2.C3H9B.C3H8FN.2C3H5FO.2C3H6O.CH3F/c2*1-3(5)4(2)6;1-4(2)3;1-5(2)3-4;2*1-3(5)2-4;2*1-3(2)4;1-2/h2*1-2H3;1-3H3;3H2,1-2H3;2*2H2,1H3;2*1-2H3;1H3. The summed E-state index contributed by atoms with van der Waals surface area (Å²) >= 11 is 0. The zero-order chi connectivity index (χ0) is 35.9. The fourth-order valence-corrected chi connectivity index (χ4v) is 0. The summed E-state index contributed by atoms with van der Waals surface area (Å²) in [7, 11) is 3.86. The number of ketones is 8. The highest BCUT2D eigenvalue weighted by Crippen LogP contribution is 1.69. The molecule has 0 aliphatic heterocycles. The Hall–Kier alpha value is -2.90. The highest BCUT2D eigenvalue weighted by Gasteiger charge is 1.94. The summed E-state index contributed by atoms with van der Waals surface area (Å²) in [6.45, 7) is 18.8. The zero-order valence-corrected chi connectivity index (χ0v) is 27.9. The van der Waals surface area contributed by atoms with Crippen LogP contribution in [0.25, 0.3) is 0 Å². The van der Waals surface area contributed by atoms with Crippen LogP contribution in [0.2, 0.25) is 20.5 Å². The molecule has 0 N–H and O–H groups in total. The Morgan fingerprint density at radius 2 is 0.561 bits per heavy atom. The van der Waals surface area contributed by atoms with Crippen molar-refractivity contribution >= 4 is 53.0 Å². The lowest BCUT2D eigenvalue weighted by atomic mass is 9.58. The second-order valence-corrected chi connectivity index (χ2v) is 8.64. The van der Waals surface area contributed by atoms with Gasteiger partial charge in [0.05, 0.1) is 7.18 Å². The van der Waals surface area contributed by atoms with Gasteiger partial charge in [0, 0.05) is 27.7 Å². The van der Waals surface area contributed by atoms with E-state index in [0.29, 0.717) is 7.18 Å². The normalized spacial score (nSPS) is 7.34. The summed E-state index contributed by atoms with van der Waals surface area (Å²) < 4.78 is 42.1. The van der Waals surface area contributed by atoms with Gasteiger partial charge < -0.3 is 9.59 Å². The molecular formula is C27H54BF4NO8. The summed E-state index contributed by atoms with van der Waals surface area (Å²) in [5.74, 6) is -2.01. The average molecular weight is 608 g/mol.